The van der Waals surface area contributed by atoms with Gasteiger partial charge in [0.1, 0.15) is 10.3 Å². The molecule has 6 rings (SSSR count). The van der Waals surface area contributed by atoms with E-state index in [0.29, 0.717) is 32.8 Å². The number of carbonyl (C=O) groups excluding carboxylic acids is 2. The molecule has 7 nitrogen and oxygen atoms in total. The van der Waals surface area contributed by atoms with Crippen molar-refractivity contribution < 1.29 is 18.7 Å². The number of amides is 1. The number of para-hydroxylation sites is 1. The second-order valence-corrected chi connectivity index (χ2v) is 10.9. The van der Waals surface area contributed by atoms with Crippen molar-refractivity contribution in [2.75, 3.05) is 11.5 Å². The number of rotatable bonds is 5. The summed E-state index contributed by atoms with van der Waals surface area (Å²) in [4.78, 5) is 48.5. The van der Waals surface area contributed by atoms with Crippen LogP contribution in [0.1, 0.15) is 43.5 Å². The topological polar surface area (TPSA) is 81.0 Å². The molecule has 1 amide bonds. The number of nitrogens with zero attached hydrogens (tertiary/aromatic N) is 3. The van der Waals surface area contributed by atoms with Crippen LogP contribution in [0.25, 0.3) is 11.3 Å². The van der Waals surface area contributed by atoms with Crippen molar-refractivity contribution in [1.82, 2.24) is 4.57 Å². The number of hydrogen-bond acceptors (Lipinski definition) is 6. The van der Waals surface area contributed by atoms with E-state index in [2.05, 4.69) is 0 Å². The Labute approximate surface area is 239 Å². The van der Waals surface area contributed by atoms with Gasteiger partial charge in [-0.1, -0.05) is 72.0 Å². The third kappa shape index (κ3) is 4.33. The first-order valence-electron chi connectivity index (χ1n) is 13.3. The molecular formula is C32H26FN3O4S. The molecule has 0 fully saturated rings. The number of aromatic nitrogens is 1. The lowest BCUT2D eigenvalue weighted by Crippen LogP contribution is -2.41. The number of benzene rings is 3. The second kappa shape index (κ2) is 10.4. The minimum atomic E-state index is -0.955. The summed E-state index contributed by atoms with van der Waals surface area (Å²) < 4.78 is 21.1. The lowest BCUT2D eigenvalue weighted by molar-refractivity contribution is -0.138. The quantitative estimate of drug-likeness (QED) is 0.339. The number of anilines is 1. The molecule has 0 aliphatic carbocycles. The number of hydrogen-bond donors (Lipinski definition) is 0. The average molecular weight is 568 g/mol. The molecule has 0 unspecified atom stereocenters. The van der Waals surface area contributed by atoms with E-state index >= 15 is 0 Å². The smallest absolute Gasteiger partial charge is 0.338 e. The Hall–Kier alpha value is -4.63. The molecule has 2 aliphatic rings. The van der Waals surface area contributed by atoms with Crippen molar-refractivity contribution in [3.63, 3.8) is 0 Å². The predicted molar refractivity (Wildman–Crippen MR) is 155 cm³/mol. The standard InChI is InChI=1S/C32H26FN3O4S/c1-4-40-31(39)25-26(19-10-6-5-7-11-19)34-32-36(27(25)20-14-16-21(33)17-15-20)30(38)28(41-32)24-22-12-8-9-13-23(22)35(18(2)3)29(24)37/h5-18,27H,4H2,1-3H3/b28-24+/t27-/m1/s1. The number of fused-ring (bicyclic) bond motifs is 2. The molecule has 1 atom stereocenters. The lowest BCUT2D eigenvalue weighted by atomic mass is 9.93. The van der Waals surface area contributed by atoms with E-state index < -0.39 is 23.4 Å². The fraction of sp³-hybridized carbons (Fsp3) is 0.188. The number of thiazole rings is 1. The molecule has 206 valence electrons. The van der Waals surface area contributed by atoms with E-state index in [4.69, 9.17) is 9.73 Å². The van der Waals surface area contributed by atoms with Crippen molar-refractivity contribution in [1.29, 1.82) is 0 Å². The molecule has 0 radical (unpaired) electrons. The Morgan fingerprint density at radius 1 is 1.00 bits per heavy atom. The van der Waals surface area contributed by atoms with Gasteiger partial charge in [-0.2, -0.15) is 0 Å². The minimum Gasteiger partial charge on any atom is -0.463 e. The maximum absolute atomic E-state index is 14.3. The van der Waals surface area contributed by atoms with Crippen molar-refractivity contribution in [3.05, 3.63) is 127 Å². The Bertz CT molecular complexity index is 1910. The first-order valence-corrected chi connectivity index (χ1v) is 14.1. The van der Waals surface area contributed by atoms with Gasteiger partial charge >= 0.3 is 5.97 Å². The van der Waals surface area contributed by atoms with Gasteiger partial charge in [-0.3, -0.25) is 14.2 Å². The van der Waals surface area contributed by atoms with E-state index in [0.717, 1.165) is 17.0 Å². The minimum absolute atomic E-state index is 0.117. The monoisotopic (exact) mass is 567 g/mol. The molecule has 2 aliphatic heterocycles. The Kier molecular flexibility index (Phi) is 6.75. The first-order chi connectivity index (χ1) is 19.8. The number of halogens is 1. The molecule has 0 saturated carbocycles. The van der Waals surface area contributed by atoms with E-state index in [9.17, 15) is 18.8 Å². The fourth-order valence-electron chi connectivity index (χ4n) is 5.42. The van der Waals surface area contributed by atoms with Crippen LogP contribution in [0.4, 0.5) is 10.1 Å². The molecule has 3 aromatic carbocycles. The van der Waals surface area contributed by atoms with Crippen LogP contribution in [0.15, 0.2) is 94.2 Å². The summed E-state index contributed by atoms with van der Waals surface area (Å²) in [6, 6.07) is 21.2. The molecule has 1 aromatic heterocycles. The van der Waals surface area contributed by atoms with Crippen molar-refractivity contribution in [2.24, 2.45) is 4.99 Å². The number of esters is 1. The van der Waals surface area contributed by atoms with Crippen LogP contribution >= 0.6 is 11.3 Å². The van der Waals surface area contributed by atoms with Crippen molar-refractivity contribution in [3.8, 4) is 0 Å². The van der Waals surface area contributed by atoms with Gasteiger partial charge < -0.3 is 9.64 Å². The SMILES string of the molecule is CCOC(=O)C1=C(c2ccccc2)N=c2s/c(=C3/C(=O)N(C(C)C)c4ccccc43)c(=O)n2[C@@H]1c1ccc(F)cc1. The predicted octanol–water partition coefficient (Wildman–Crippen LogP) is 4.20. The van der Waals surface area contributed by atoms with Gasteiger partial charge in [0.2, 0.25) is 0 Å². The summed E-state index contributed by atoms with van der Waals surface area (Å²) in [6.45, 7) is 5.66. The van der Waals surface area contributed by atoms with E-state index in [-0.39, 0.29) is 28.7 Å². The van der Waals surface area contributed by atoms with Crippen LogP contribution in [-0.2, 0) is 14.3 Å². The van der Waals surface area contributed by atoms with Crippen LogP contribution in [-0.4, -0.2) is 29.1 Å². The van der Waals surface area contributed by atoms with Crippen LogP contribution in [0.5, 0.6) is 0 Å². The zero-order chi connectivity index (χ0) is 28.8. The molecule has 0 N–H and O–H groups in total. The van der Waals surface area contributed by atoms with Crippen LogP contribution < -0.4 is 19.8 Å². The lowest BCUT2D eigenvalue weighted by Gasteiger charge is -2.25. The summed E-state index contributed by atoms with van der Waals surface area (Å²) in [5.74, 6) is -1.34. The summed E-state index contributed by atoms with van der Waals surface area (Å²) in [7, 11) is 0. The Morgan fingerprint density at radius 2 is 1.68 bits per heavy atom. The van der Waals surface area contributed by atoms with Crippen LogP contribution in [0.2, 0.25) is 0 Å². The average Bonchev–Trinajstić information content (AvgIpc) is 3.45. The highest BCUT2D eigenvalue weighted by molar-refractivity contribution is 7.07. The zero-order valence-electron chi connectivity index (χ0n) is 22.6. The second-order valence-electron chi connectivity index (χ2n) is 9.96. The molecule has 0 spiro atoms. The Balaban J connectivity index is 1.72. The van der Waals surface area contributed by atoms with Crippen molar-refractivity contribution >= 4 is 40.2 Å². The van der Waals surface area contributed by atoms with Crippen molar-refractivity contribution in [2.45, 2.75) is 32.9 Å². The fourth-order valence-corrected chi connectivity index (χ4v) is 6.51. The Morgan fingerprint density at radius 3 is 2.37 bits per heavy atom. The van der Waals surface area contributed by atoms with Gasteiger partial charge in [-0.05, 0) is 44.5 Å². The maximum atomic E-state index is 14.3. The van der Waals surface area contributed by atoms with Gasteiger partial charge in [-0.25, -0.2) is 14.2 Å². The third-order valence-corrected chi connectivity index (χ3v) is 8.20. The van der Waals surface area contributed by atoms with Gasteiger partial charge in [-0.15, -0.1) is 0 Å². The zero-order valence-corrected chi connectivity index (χ0v) is 23.4. The largest absolute Gasteiger partial charge is 0.463 e. The summed E-state index contributed by atoms with van der Waals surface area (Å²) in [5, 5.41) is 0. The third-order valence-electron chi connectivity index (χ3n) is 7.14. The molecule has 0 bridgehead atoms. The highest BCUT2D eigenvalue weighted by atomic mass is 32.1. The molecule has 0 saturated heterocycles. The van der Waals surface area contributed by atoms with Crippen LogP contribution in [0, 0.1) is 5.82 Å². The molecule has 4 aromatic rings. The molecule has 9 heteroatoms. The summed E-state index contributed by atoms with van der Waals surface area (Å²) in [5.41, 5.74) is 2.95. The number of carbonyl (C=O) groups is 2. The number of ether oxygens (including phenoxy) is 1. The van der Waals surface area contributed by atoms with E-state index in [1.165, 1.54) is 16.7 Å². The molecule has 41 heavy (non-hydrogen) atoms. The van der Waals surface area contributed by atoms with Crippen LogP contribution in [0.3, 0.4) is 0 Å². The molecule has 3 heterocycles. The highest BCUT2D eigenvalue weighted by Crippen LogP contribution is 2.38. The van der Waals surface area contributed by atoms with Gasteiger partial charge in [0.25, 0.3) is 11.5 Å². The highest BCUT2D eigenvalue weighted by Gasteiger charge is 2.38. The van der Waals surface area contributed by atoms with Gasteiger partial charge in [0.15, 0.2) is 4.80 Å². The molecular weight excluding hydrogens is 541 g/mol. The normalized spacial score (nSPS) is 17.4. The van der Waals surface area contributed by atoms with E-state index in [1.807, 2.05) is 68.4 Å². The summed E-state index contributed by atoms with van der Waals surface area (Å²) >= 11 is 1.11. The summed E-state index contributed by atoms with van der Waals surface area (Å²) in [6.07, 6.45) is 0. The van der Waals surface area contributed by atoms with E-state index in [1.54, 1.807) is 24.0 Å². The first kappa shape index (κ1) is 26.6. The van der Waals surface area contributed by atoms with Gasteiger partial charge in [0, 0.05) is 17.2 Å². The van der Waals surface area contributed by atoms with Gasteiger partial charge in [0.05, 0.1) is 35.2 Å². The maximum Gasteiger partial charge on any atom is 0.338 e.